The molecule has 0 aromatic heterocycles. The number of rotatable bonds is 4. The largest absolute Gasteiger partial charge is 0.206 e. The van der Waals surface area contributed by atoms with Crippen molar-refractivity contribution < 1.29 is 17.6 Å². The van der Waals surface area contributed by atoms with Crippen LogP contribution in [0.1, 0.15) is 48.4 Å². The summed E-state index contributed by atoms with van der Waals surface area (Å²) in [5.41, 5.74) is 2.18. The molecule has 2 aromatic rings. The quantitative estimate of drug-likeness (QED) is 0.595. The van der Waals surface area contributed by atoms with Crippen molar-refractivity contribution in [3.8, 4) is 0 Å². The highest BCUT2D eigenvalue weighted by Gasteiger charge is 2.20. The second-order valence-electron chi connectivity index (χ2n) is 6.17. The summed E-state index contributed by atoms with van der Waals surface area (Å²) in [5, 5.41) is 0. The van der Waals surface area contributed by atoms with Gasteiger partial charge >= 0.3 is 0 Å². The van der Waals surface area contributed by atoms with E-state index >= 15 is 0 Å². The molecule has 0 amide bonds. The lowest BCUT2D eigenvalue weighted by Gasteiger charge is -2.18. The first-order valence-corrected chi connectivity index (χ1v) is 8.16. The van der Waals surface area contributed by atoms with Crippen molar-refractivity contribution in [2.45, 2.75) is 39.0 Å². The van der Waals surface area contributed by atoms with Crippen LogP contribution in [0.25, 0.3) is 11.6 Å². The molecule has 0 radical (unpaired) electrons. The summed E-state index contributed by atoms with van der Waals surface area (Å²) >= 11 is 0. The summed E-state index contributed by atoms with van der Waals surface area (Å²) in [6.07, 6.45) is 4.83. The van der Waals surface area contributed by atoms with Crippen molar-refractivity contribution in [1.29, 1.82) is 0 Å². The van der Waals surface area contributed by atoms with E-state index in [1.165, 1.54) is 12.1 Å². The Morgan fingerprint density at radius 3 is 2.17 bits per heavy atom. The zero-order valence-electron chi connectivity index (χ0n) is 13.4. The van der Waals surface area contributed by atoms with Crippen LogP contribution >= 0.6 is 0 Å². The van der Waals surface area contributed by atoms with Crippen LogP contribution in [0.15, 0.2) is 24.3 Å². The maximum atomic E-state index is 14.4. The van der Waals surface area contributed by atoms with Gasteiger partial charge in [0, 0.05) is 5.56 Å². The molecule has 0 atom stereocenters. The minimum Gasteiger partial charge on any atom is -0.206 e. The molecule has 1 aliphatic rings. The number of hydrogen-bond acceptors (Lipinski definition) is 0. The number of halogens is 4. The molecular weight excluding hydrogens is 316 g/mol. The van der Waals surface area contributed by atoms with Crippen molar-refractivity contribution in [2.75, 3.05) is 0 Å². The van der Waals surface area contributed by atoms with Gasteiger partial charge in [-0.25, -0.2) is 17.6 Å². The Labute approximate surface area is 138 Å². The molecule has 3 rings (SSSR count). The molecule has 2 aromatic carbocycles. The van der Waals surface area contributed by atoms with Crippen LogP contribution in [0.5, 0.6) is 0 Å². The van der Waals surface area contributed by atoms with Gasteiger partial charge in [0.2, 0.25) is 0 Å². The lowest BCUT2D eigenvalue weighted by atomic mass is 9.87. The second kappa shape index (κ2) is 6.80. The lowest BCUT2D eigenvalue weighted by molar-refractivity contribution is 0.506. The Bertz CT molecular complexity index is 783. The summed E-state index contributed by atoms with van der Waals surface area (Å²) in [4.78, 5) is 0. The van der Waals surface area contributed by atoms with Crippen molar-refractivity contribution in [2.24, 2.45) is 0 Å². The average Bonchev–Trinajstić information content (AvgIpc) is 2.53. The van der Waals surface area contributed by atoms with E-state index in [9.17, 15) is 17.6 Å². The standard InChI is InChI=1S/C20H18F4/c1-2-3-4-12-7-18(23)20(19(24)8-12)14-6-5-13-10-16(21)17(22)11-15(13)9-14/h7-11H,2-6H2,1H3. The molecule has 0 bridgehead atoms. The molecule has 0 spiro atoms. The topological polar surface area (TPSA) is 0 Å². The van der Waals surface area contributed by atoms with Crippen molar-refractivity contribution >= 4 is 11.6 Å². The minimum atomic E-state index is -0.956. The van der Waals surface area contributed by atoms with Crippen LogP contribution in [0.3, 0.4) is 0 Å². The van der Waals surface area contributed by atoms with Crippen LogP contribution < -0.4 is 0 Å². The maximum absolute atomic E-state index is 14.4. The first kappa shape index (κ1) is 16.7. The Hall–Kier alpha value is -2.10. The molecule has 0 heterocycles. The number of benzene rings is 2. The average molecular weight is 334 g/mol. The van der Waals surface area contributed by atoms with E-state index in [-0.39, 0.29) is 5.56 Å². The first-order chi connectivity index (χ1) is 11.5. The Morgan fingerprint density at radius 1 is 0.833 bits per heavy atom. The maximum Gasteiger partial charge on any atom is 0.159 e. The van der Waals surface area contributed by atoms with Crippen molar-refractivity contribution in [1.82, 2.24) is 0 Å². The molecule has 4 heteroatoms. The molecular formula is C20H18F4. The molecule has 0 unspecified atom stereocenters. The van der Waals surface area contributed by atoms with E-state index in [4.69, 9.17) is 0 Å². The summed E-state index contributed by atoms with van der Waals surface area (Å²) in [6, 6.07) is 4.97. The van der Waals surface area contributed by atoms with Gasteiger partial charge in [-0.3, -0.25) is 0 Å². The van der Waals surface area contributed by atoms with Crippen molar-refractivity contribution in [3.05, 3.63) is 69.8 Å². The van der Waals surface area contributed by atoms with E-state index in [1.807, 2.05) is 6.92 Å². The number of hydrogen-bond donors (Lipinski definition) is 0. The van der Waals surface area contributed by atoms with E-state index < -0.39 is 23.3 Å². The van der Waals surface area contributed by atoms with Crippen molar-refractivity contribution in [3.63, 3.8) is 0 Å². The molecule has 0 saturated carbocycles. The van der Waals surface area contributed by atoms with E-state index in [1.54, 1.807) is 6.08 Å². The van der Waals surface area contributed by atoms with Gasteiger partial charge < -0.3 is 0 Å². The van der Waals surface area contributed by atoms with Crippen LogP contribution in [-0.4, -0.2) is 0 Å². The fourth-order valence-corrected chi connectivity index (χ4v) is 3.14. The fraction of sp³-hybridized carbons (Fsp3) is 0.300. The summed E-state index contributed by atoms with van der Waals surface area (Å²) in [6.45, 7) is 2.02. The highest BCUT2D eigenvalue weighted by Crippen LogP contribution is 2.34. The number of unbranched alkanes of at least 4 members (excludes halogenated alkanes) is 1. The molecule has 0 aliphatic heterocycles. The summed E-state index contributed by atoms with van der Waals surface area (Å²) in [7, 11) is 0. The predicted molar refractivity (Wildman–Crippen MR) is 87.5 cm³/mol. The predicted octanol–water partition coefficient (Wildman–Crippen LogP) is 6.07. The molecule has 0 nitrogen and oxygen atoms in total. The van der Waals surface area contributed by atoms with E-state index in [2.05, 4.69) is 0 Å². The number of aryl methyl sites for hydroxylation is 2. The van der Waals surface area contributed by atoms with Gasteiger partial charge in [0.1, 0.15) is 11.6 Å². The molecule has 126 valence electrons. The van der Waals surface area contributed by atoms with E-state index in [0.717, 1.165) is 25.0 Å². The van der Waals surface area contributed by atoms with Gasteiger partial charge in [-0.2, -0.15) is 0 Å². The van der Waals surface area contributed by atoms with Crippen LogP contribution in [0, 0.1) is 23.3 Å². The molecule has 1 aliphatic carbocycles. The van der Waals surface area contributed by atoms with Gasteiger partial charge in [0.25, 0.3) is 0 Å². The number of allylic oxidation sites excluding steroid dienone is 1. The molecule has 0 saturated heterocycles. The van der Waals surface area contributed by atoms with Gasteiger partial charge in [0.05, 0.1) is 0 Å². The Kier molecular flexibility index (Phi) is 4.74. The van der Waals surface area contributed by atoms with E-state index in [0.29, 0.717) is 41.5 Å². The third-order valence-electron chi connectivity index (χ3n) is 4.42. The third-order valence-corrected chi connectivity index (χ3v) is 4.42. The van der Waals surface area contributed by atoms with Gasteiger partial charge in [-0.15, -0.1) is 0 Å². The third kappa shape index (κ3) is 3.23. The minimum absolute atomic E-state index is 0.0642. The molecule has 0 N–H and O–H groups in total. The SMILES string of the molecule is CCCCc1cc(F)c(C2=Cc3cc(F)c(F)cc3CC2)c(F)c1. The molecule has 0 fully saturated rings. The second-order valence-corrected chi connectivity index (χ2v) is 6.17. The normalized spacial score (nSPS) is 13.6. The fourth-order valence-electron chi connectivity index (χ4n) is 3.14. The number of fused-ring (bicyclic) bond motifs is 1. The van der Waals surface area contributed by atoms with Gasteiger partial charge in [-0.05, 0) is 72.2 Å². The lowest BCUT2D eigenvalue weighted by Crippen LogP contribution is -2.05. The van der Waals surface area contributed by atoms with Crippen LogP contribution in [0.4, 0.5) is 17.6 Å². The molecule has 24 heavy (non-hydrogen) atoms. The van der Waals surface area contributed by atoms with Crippen LogP contribution in [-0.2, 0) is 12.8 Å². The first-order valence-electron chi connectivity index (χ1n) is 8.16. The summed E-state index contributed by atoms with van der Waals surface area (Å²) in [5.74, 6) is -3.05. The Balaban J connectivity index is 2.00. The highest BCUT2D eigenvalue weighted by atomic mass is 19.2. The smallest absolute Gasteiger partial charge is 0.159 e. The summed E-state index contributed by atoms with van der Waals surface area (Å²) < 4.78 is 55.6. The van der Waals surface area contributed by atoms with Crippen LogP contribution in [0.2, 0.25) is 0 Å². The highest BCUT2D eigenvalue weighted by molar-refractivity contribution is 5.85. The van der Waals surface area contributed by atoms with Gasteiger partial charge in [-0.1, -0.05) is 19.4 Å². The Morgan fingerprint density at radius 2 is 1.50 bits per heavy atom. The monoisotopic (exact) mass is 334 g/mol. The zero-order valence-corrected chi connectivity index (χ0v) is 13.4. The van der Waals surface area contributed by atoms with Gasteiger partial charge in [0.15, 0.2) is 11.6 Å². The zero-order chi connectivity index (χ0) is 17.3.